The molecule has 0 aliphatic carbocycles. The number of hydrogen-bond acceptors (Lipinski definition) is 3. The van der Waals surface area contributed by atoms with Crippen molar-refractivity contribution in [3.8, 4) is 11.1 Å². The number of ether oxygens (including phenoxy) is 1. The van der Waals surface area contributed by atoms with Crippen molar-refractivity contribution in [3.05, 3.63) is 66.0 Å². The van der Waals surface area contributed by atoms with Gasteiger partial charge < -0.3 is 9.84 Å². The van der Waals surface area contributed by atoms with Gasteiger partial charge in [0, 0.05) is 31.2 Å². The highest BCUT2D eigenvalue weighted by molar-refractivity contribution is 6.00. The molecule has 1 N–H and O–H groups in total. The highest BCUT2D eigenvalue weighted by Gasteiger charge is 2.13. The average Bonchev–Trinajstić information content (AvgIpc) is 2.65. The number of rotatable bonds is 7. The van der Waals surface area contributed by atoms with Crippen molar-refractivity contribution in [1.29, 1.82) is 0 Å². The van der Waals surface area contributed by atoms with E-state index in [9.17, 15) is 0 Å². The summed E-state index contributed by atoms with van der Waals surface area (Å²) in [4.78, 5) is 4.29. The molecule has 0 unspecified atom stereocenters. The van der Waals surface area contributed by atoms with Crippen molar-refractivity contribution in [2.45, 2.75) is 26.4 Å². The number of aryl methyl sites for hydroxylation is 1. The van der Waals surface area contributed by atoms with Gasteiger partial charge in [0.15, 0.2) is 0 Å². The lowest BCUT2D eigenvalue weighted by atomic mass is 9.90. The summed E-state index contributed by atoms with van der Waals surface area (Å²) in [6.07, 6.45) is 5.37. The molecule has 0 atom stereocenters. The van der Waals surface area contributed by atoms with Gasteiger partial charge in [0.05, 0.1) is 6.61 Å². The first-order valence-corrected chi connectivity index (χ1v) is 8.47. The number of nitrogens with zero attached hydrogens (tertiary/aromatic N) is 1. The maximum absolute atomic E-state index is 8.89. The molecule has 0 spiro atoms. The van der Waals surface area contributed by atoms with Crippen LogP contribution in [-0.4, -0.2) is 23.3 Å². The zero-order valence-electron chi connectivity index (χ0n) is 14.0. The molecule has 0 radical (unpaired) electrons. The molecule has 0 aliphatic heterocycles. The molecule has 0 saturated carbocycles. The van der Waals surface area contributed by atoms with Crippen LogP contribution in [-0.2, 0) is 17.8 Å². The molecular weight excluding hydrogens is 298 g/mol. The standard InChI is InChI=1S/C21H23NO2/c1-2-16-13-18(15-24-12-6-11-23)19-8-3-4-9-20(19)21(16)17-7-5-10-22-14-17/h3-5,7-10,13-14,23H,2,6,11-12,15H2,1H3. The molecule has 1 aromatic heterocycles. The van der Waals surface area contributed by atoms with E-state index in [4.69, 9.17) is 9.84 Å². The van der Waals surface area contributed by atoms with Gasteiger partial charge >= 0.3 is 0 Å². The highest BCUT2D eigenvalue weighted by Crippen LogP contribution is 2.34. The van der Waals surface area contributed by atoms with Gasteiger partial charge in [-0.15, -0.1) is 0 Å². The first-order valence-electron chi connectivity index (χ1n) is 8.47. The molecule has 0 amide bonds. The number of benzene rings is 2. The van der Waals surface area contributed by atoms with Crippen LogP contribution in [0, 0.1) is 0 Å². The molecule has 124 valence electrons. The van der Waals surface area contributed by atoms with Crippen molar-refractivity contribution < 1.29 is 9.84 Å². The van der Waals surface area contributed by atoms with Crippen LogP contribution in [0.25, 0.3) is 21.9 Å². The van der Waals surface area contributed by atoms with Crippen molar-refractivity contribution in [1.82, 2.24) is 4.98 Å². The van der Waals surface area contributed by atoms with E-state index in [0.29, 0.717) is 19.6 Å². The Morgan fingerprint density at radius 2 is 1.88 bits per heavy atom. The summed E-state index contributed by atoms with van der Waals surface area (Å²) < 4.78 is 5.74. The van der Waals surface area contributed by atoms with E-state index in [1.165, 1.54) is 27.5 Å². The Morgan fingerprint density at radius 1 is 1.04 bits per heavy atom. The van der Waals surface area contributed by atoms with Crippen LogP contribution < -0.4 is 0 Å². The molecule has 2 aromatic carbocycles. The van der Waals surface area contributed by atoms with Crippen LogP contribution in [0.5, 0.6) is 0 Å². The predicted octanol–water partition coefficient (Wildman–Crippen LogP) is 4.36. The molecule has 0 fully saturated rings. The lowest BCUT2D eigenvalue weighted by Gasteiger charge is -2.16. The van der Waals surface area contributed by atoms with E-state index < -0.39 is 0 Å². The topological polar surface area (TPSA) is 42.4 Å². The van der Waals surface area contributed by atoms with Gasteiger partial charge in [-0.1, -0.05) is 43.3 Å². The lowest BCUT2D eigenvalue weighted by Crippen LogP contribution is -2.01. The van der Waals surface area contributed by atoms with E-state index in [-0.39, 0.29) is 6.61 Å². The summed E-state index contributed by atoms with van der Waals surface area (Å²) in [6, 6.07) is 14.8. The summed E-state index contributed by atoms with van der Waals surface area (Å²) in [5, 5.41) is 11.4. The SMILES string of the molecule is CCc1cc(COCCCO)c2ccccc2c1-c1cccnc1. The van der Waals surface area contributed by atoms with Crippen molar-refractivity contribution in [2.75, 3.05) is 13.2 Å². The number of pyridine rings is 1. The van der Waals surface area contributed by atoms with E-state index in [2.05, 4.69) is 48.3 Å². The minimum Gasteiger partial charge on any atom is -0.396 e. The van der Waals surface area contributed by atoms with Gasteiger partial charge in [0.25, 0.3) is 0 Å². The van der Waals surface area contributed by atoms with Crippen LogP contribution in [0.1, 0.15) is 24.5 Å². The molecule has 3 nitrogen and oxygen atoms in total. The van der Waals surface area contributed by atoms with Crippen LogP contribution in [0.4, 0.5) is 0 Å². The van der Waals surface area contributed by atoms with Crippen LogP contribution in [0.3, 0.4) is 0 Å². The fourth-order valence-electron chi connectivity index (χ4n) is 3.11. The molecule has 24 heavy (non-hydrogen) atoms. The van der Waals surface area contributed by atoms with Crippen molar-refractivity contribution in [2.24, 2.45) is 0 Å². The van der Waals surface area contributed by atoms with Gasteiger partial charge in [0.1, 0.15) is 0 Å². The molecule has 0 bridgehead atoms. The van der Waals surface area contributed by atoms with Gasteiger partial charge in [-0.05, 0) is 46.4 Å². The fraction of sp³-hybridized carbons (Fsp3) is 0.286. The molecule has 3 heteroatoms. The maximum atomic E-state index is 8.89. The summed E-state index contributed by atoms with van der Waals surface area (Å²) in [7, 11) is 0. The normalized spacial score (nSPS) is 11.1. The zero-order chi connectivity index (χ0) is 16.8. The Balaban J connectivity index is 2.09. The monoisotopic (exact) mass is 321 g/mol. The summed E-state index contributed by atoms with van der Waals surface area (Å²) in [5.41, 5.74) is 4.93. The second kappa shape index (κ2) is 8.04. The minimum absolute atomic E-state index is 0.168. The van der Waals surface area contributed by atoms with Gasteiger partial charge in [0.2, 0.25) is 0 Å². The number of aliphatic hydroxyl groups excluding tert-OH is 1. The van der Waals surface area contributed by atoms with Gasteiger partial charge in [-0.2, -0.15) is 0 Å². The highest BCUT2D eigenvalue weighted by atomic mass is 16.5. The van der Waals surface area contributed by atoms with Crippen LogP contribution >= 0.6 is 0 Å². The smallest absolute Gasteiger partial charge is 0.0722 e. The Labute approximate surface area is 142 Å². The second-order valence-corrected chi connectivity index (χ2v) is 5.84. The Morgan fingerprint density at radius 3 is 2.58 bits per heavy atom. The first kappa shape index (κ1) is 16.6. The van der Waals surface area contributed by atoms with E-state index >= 15 is 0 Å². The van der Waals surface area contributed by atoms with Crippen molar-refractivity contribution in [3.63, 3.8) is 0 Å². The third kappa shape index (κ3) is 3.48. The summed E-state index contributed by atoms with van der Waals surface area (Å²) in [6.45, 7) is 3.50. The average molecular weight is 321 g/mol. The number of fused-ring (bicyclic) bond motifs is 1. The quantitative estimate of drug-likeness (QED) is 0.657. The molecule has 3 aromatic rings. The Kier molecular flexibility index (Phi) is 5.57. The molecule has 0 aliphatic rings. The second-order valence-electron chi connectivity index (χ2n) is 5.84. The molecule has 0 saturated heterocycles. The Bertz CT molecular complexity index is 800. The summed E-state index contributed by atoms with van der Waals surface area (Å²) in [5.74, 6) is 0. The number of aliphatic hydroxyl groups is 1. The predicted molar refractivity (Wildman–Crippen MR) is 97.9 cm³/mol. The Hall–Kier alpha value is -2.23. The van der Waals surface area contributed by atoms with Gasteiger partial charge in [-0.25, -0.2) is 0 Å². The summed E-state index contributed by atoms with van der Waals surface area (Å²) >= 11 is 0. The van der Waals surface area contributed by atoms with Crippen molar-refractivity contribution >= 4 is 10.8 Å². The number of hydrogen-bond donors (Lipinski definition) is 1. The first-order chi connectivity index (χ1) is 11.8. The van der Waals surface area contributed by atoms with Crippen LogP contribution in [0.15, 0.2) is 54.9 Å². The molecule has 3 rings (SSSR count). The van der Waals surface area contributed by atoms with Crippen LogP contribution in [0.2, 0.25) is 0 Å². The molecular formula is C21H23NO2. The van der Waals surface area contributed by atoms with E-state index in [1.807, 2.05) is 12.3 Å². The molecule has 1 heterocycles. The lowest BCUT2D eigenvalue weighted by molar-refractivity contribution is 0.105. The zero-order valence-corrected chi connectivity index (χ0v) is 14.0. The van der Waals surface area contributed by atoms with E-state index in [0.717, 1.165) is 12.0 Å². The number of aromatic nitrogens is 1. The van der Waals surface area contributed by atoms with E-state index in [1.54, 1.807) is 6.20 Å². The third-order valence-electron chi connectivity index (χ3n) is 4.25. The maximum Gasteiger partial charge on any atom is 0.0722 e. The largest absolute Gasteiger partial charge is 0.396 e. The fourth-order valence-corrected chi connectivity index (χ4v) is 3.11. The van der Waals surface area contributed by atoms with Gasteiger partial charge in [-0.3, -0.25) is 4.98 Å². The third-order valence-corrected chi connectivity index (χ3v) is 4.25. The minimum atomic E-state index is 0.168.